The Balaban J connectivity index is 1.90. The number of nitrogens with zero attached hydrogens (tertiary/aromatic N) is 5. The summed E-state index contributed by atoms with van der Waals surface area (Å²) in [5.74, 6) is -1.20. The maximum atomic E-state index is 13.8. The van der Waals surface area contributed by atoms with Gasteiger partial charge in [0.2, 0.25) is 0 Å². The molecule has 1 amide bonds. The predicted octanol–water partition coefficient (Wildman–Crippen LogP) is 0.359. The Hall–Kier alpha value is -3.30. The lowest BCUT2D eigenvalue weighted by atomic mass is 10.2. The number of H-pyrrole nitrogens is 1. The second-order valence-corrected chi connectivity index (χ2v) is 4.07. The van der Waals surface area contributed by atoms with Gasteiger partial charge in [-0.3, -0.25) is 9.89 Å². The van der Waals surface area contributed by atoms with Gasteiger partial charge in [-0.1, -0.05) is 0 Å². The highest BCUT2D eigenvalue weighted by Crippen LogP contribution is 2.19. The second kappa shape index (κ2) is 5.00. The molecule has 0 aliphatic heterocycles. The highest BCUT2D eigenvalue weighted by Gasteiger charge is 2.14. The van der Waals surface area contributed by atoms with E-state index in [0.717, 1.165) is 0 Å². The molecule has 106 valence electrons. The summed E-state index contributed by atoms with van der Waals surface area (Å²) in [4.78, 5) is 12.0. The van der Waals surface area contributed by atoms with Crippen LogP contribution in [0.3, 0.4) is 0 Å². The van der Waals surface area contributed by atoms with E-state index in [9.17, 15) is 9.18 Å². The van der Waals surface area contributed by atoms with Crippen LogP contribution in [0.15, 0.2) is 30.7 Å². The number of tetrazole rings is 1. The van der Waals surface area contributed by atoms with Gasteiger partial charge in [-0.05, 0) is 28.6 Å². The number of benzene rings is 1. The molecule has 0 atom stereocenters. The van der Waals surface area contributed by atoms with Crippen LogP contribution in [0.4, 0.5) is 15.8 Å². The van der Waals surface area contributed by atoms with E-state index < -0.39 is 11.7 Å². The molecule has 0 saturated carbocycles. The lowest BCUT2D eigenvalue weighted by molar-refractivity contribution is 0.102. The van der Waals surface area contributed by atoms with E-state index in [-0.39, 0.29) is 17.1 Å². The average molecular weight is 288 g/mol. The number of aromatic amines is 1. The molecule has 1 aromatic carbocycles. The van der Waals surface area contributed by atoms with Crippen molar-refractivity contribution in [3.05, 3.63) is 42.2 Å². The lowest BCUT2D eigenvalue weighted by Gasteiger charge is -2.07. The van der Waals surface area contributed by atoms with E-state index in [4.69, 9.17) is 5.73 Å². The summed E-state index contributed by atoms with van der Waals surface area (Å²) in [6.45, 7) is 0. The Kier molecular flexibility index (Phi) is 3.03. The average Bonchev–Trinajstić information content (AvgIpc) is 3.12. The molecule has 10 heteroatoms. The zero-order chi connectivity index (χ0) is 14.8. The zero-order valence-electron chi connectivity index (χ0n) is 10.5. The minimum Gasteiger partial charge on any atom is -0.396 e. The Morgan fingerprint density at radius 3 is 2.95 bits per heavy atom. The quantitative estimate of drug-likeness (QED) is 0.638. The summed E-state index contributed by atoms with van der Waals surface area (Å²) in [6.07, 6.45) is 2.65. The van der Waals surface area contributed by atoms with Crippen molar-refractivity contribution in [1.29, 1.82) is 0 Å². The number of hydrogen-bond donors (Lipinski definition) is 3. The van der Waals surface area contributed by atoms with Crippen LogP contribution in [-0.2, 0) is 0 Å². The first-order valence-corrected chi connectivity index (χ1v) is 5.78. The summed E-state index contributed by atoms with van der Waals surface area (Å²) < 4.78 is 15.1. The van der Waals surface area contributed by atoms with Crippen LogP contribution in [0.1, 0.15) is 10.5 Å². The van der Waals surface area contributed by atoms with Crippen LogP contribution < -0.4 is 11.1 Å². The van der Waals surface area contributed by atoms with Crippen molar-refractivity contribution in [2.45, 2.75) is 0 Å². The highest BCUT2D eigenvalue weighted by atomic mass is 19.1. The zero-order valence-corrected chi connectivity index (χ0v) is 10.5. The molecule has 21 heavy (non-hydrogen) atoms. The molecule has 0 spiro atoms. The van der Waals surface area contributed by atoms with Crippen molar-refractivity contribution in [3.63, 3.8) is 0 Å². The third-order valence-electron chi connectivity index (χ3n) is 2.71. The summed E-state index contributed by atoms with van der Waals surface area (Å²) in [6, 6.07) is 4.07. The Bertz CT molecular complexity index is 781. The van der Waals surface area contributed by atoms with Crippen molar-refractivity contribution in [2.75, 3.05) is 11.1 Å². The fourth-order valence-corrected chi connectivity index (χ4v) is 1.69. The minimum atomic E-state index is -0.599. The Labute approximate surface area is 117 Å². The van der Waals surface area contributed by atoms with Crippen LogP contribution in [0.5, 0.6) is 0 Å². The molecule has 4 N–H and O–H groups in total. The third kappa shape index (κ3) is 2.41. The summed E-state index contributed by atoms with van der Waals surface area (Å²) in [5, 5.41) is 19.1. The number of carbonyl (C=O) groups is 1. The van der Waals surface area contributed by atoms with Crippen LogP contribution in [0.2, 0.25) is 0 Å². The molecule has 0 aliphatic carbocycles. The number of amides is 1. The number of nitrogens with one attached hydrogen (secondary N) is 2. The predicted molar refractivity (Wildman–Crippen MR) is 70.1 cm³/mol. The standard InChI is InChI=1S/C11H9FN8O/c12-7-2-1-6(20-5-15-18-19-20)3-9(7)16-11(21)10-8(13)4-14-17-10/h1-5H,13H2,(H,14,17)(H,16,21). The Morgan fingerprint density at radius 1 is 1.43 bits per heavy atom. The van der Waals surface area contributed by atoms with E-state index in [2.05, 4.69) is 31.0 Å². The van der Waals surface area contributed by atoms with Crippen molar-refractivity contribution in [3.8, 4) is 5.69 Å². The smallest absolute Gasteiger partial charge is 0.275 e. The molecule has 2 heterocycles. The maximum Gasteiger partial charge on any atom is 0.275 e. The minimum absolute atomic E-state index is 0.0259. The largest absolute Gasteiger partial charge is 0.396 e. The van der Waals surface area contributed by atoms with Gasteiger partial charge in [0.25, 0.3) is 5.91 Å². The number of carbonyl (C=O) groups excluding carboxylic acids is 1. The van der Waals surface area contributed by atoms with E-state index in [1.54, 1.807) is 0 Å². The molecule has 2 aromatic heterocycles. The van der Waals surface area contributed by atoms with Gasteiger partial charge in [-0.25, -0.2) is 9.07 Å². The molecule has 0 saturated heterocycles. The normalized spacial score (nSPS) is 10.5. The molecule has 3 aromatic rings. The number of nitrogen functional groups attached to an aromatic ring is 1. The molecule has 0 radical (unpaired) electrons. The van der Waals surface area contributed by atoms with E-state index in [0.29, 0.717) is 5.69 Å². The maximum absolute atomic E-state index is 13.8. The van der Waals surface area contributed by atoms with Gasteiger partial charge in [-0.2, -0.15) is 5.10 Å². The number of rotatable bonds is 3. The first-order valence-electron chi connectivity index (χ1n) is 5.78. The summed E-state index contributed by atoms with van der Waals surface area (Å²) >= 11 is 0. The molecule has 0 aliphatic rings. The SMILES string of the molecule is Nc1cn[nH]c1C(=O)Nc1cc(-n2cnnn2)ccc1F. The number of hydrogen-bond acceptors (Lipinski definition) is 6. The molecule has 0 fully saturated rings. The molecule has 3 rings (SSSR count). The van der Waals surface area contributed by atoms with Crippen LogP contribution in [0, 0.1) is 5.82 Å². The highest BCUT2D eigenvalue weighted by molar-refractivity contribution is 6.06. The van der Waals surface area contributed by atoms with Gasteiger partial charge in [0.1, 0.15) is 17.8 Å². The number of anilines is 2. The first-order chi connectivity index (χ1) is 10.1. The number of aromatic nitrogens is 6. The van der Waals surface area contributed by atoms with E-state index >= 15 is 0 Å². The number of halogens is 1. The molecule has 0 unspecified atom stereocenters. The van der Waals surface area contributed by atoms with Crippen molar-refractivity contribution in [2.24, 2.45) is 0 Å². The van der Waals surface area contributed by atoms with Gasteiger partial charge in [-0.15, -0.1) is 5.10 Å². The topological polar surface area (TPSA) is 127 Å². The van der Waals surface area contributed by atoms with Crippen LogP contribution in [-0.4, -0.2) is 36.3 Å². The molecule has 0 bridgehead atoms. The van der Waals surface area contributed by atoms with Gasteiger partial charge >= 0.3 is 0 Å². The van der Waals surface area contributed by atoms with Crippen molar-refractivity contribution < 1.29 is 9.18 Å². The summed E-state index contributed by atoms with van der Waals surface area (Å²) in [5.41, 5.74) is 6.26. The van der Waals surface area contributed by atoms with Crippen molar-refractivity contribution >= 4 is 17.3 Å². The monoisotopic (exact) mass is 288 g/mol. The van der Waals surface area contributed by atoms with Crippen molar-refractivity contribution in [1.82, 2.24) is 30.4 Å². The molecular formula is C11H9FN8O. The lowest BCUT2D eigenvalue weighted by Crippen LogP contribution is -2.15. The first kappa shape index (κ1) is 12.7. The van der Waals surface area contributed by atoms with Gasteiger partial charge in [0.05, 0.1) is 23.3 Å². The molecular weight excluding hydrogens is 279 g/mol. The molecule has 9 nitrogen and oxygen atoms in total. The van der Waals surface area contributed by atoms with E-state index in [1.165, 1.54) is 35.4 Å². The van der Waals surface area contributed by atoms with Crippen LogP contribution >= 0.6 is 0 Å². The third-order valence-corrected chi connectivity index (χ3v) is 2.71. The summed E-state index contributed by atoms with van der Waals surface area (Å²) in [7, 11) is 0. The van der Waals surface area contributed by atoms with Gasteiger partial charge in [0, 0.05) is 0 Å². The Morgan fingerprint density at radius 2 is 2.29 bits per heavy atom. The number of nitrogens with two attached hydrogens (primary N) is 1. The van der Waals surface area contributed by atoms with E-state index in [1.807, 2.05) is 0 Å². The van der Waals surface area contributed by atoms with Crippen LogP contribution in [0.25, 0.3) is 5.69 Å². The second-order valence-electron chi connectivity index (χ2n) is 4.07. The fraction of sp³-hybridized carbons (Fsp3) is 0. The van der Waals surface area contributed by atoms with Gasteiger partial charge < -0.3 is 11.1 Å². The van der Waals surface area contributed by atoms with Gasteiger partial charge in [0.15, 0.2) is 0 Å². The fourth-order valence-electron chi connectivity index (χ4n) is 1.69.